The maximum absolute atomic E-state index is 2.57. The summed E-state index contributed by atoms with van der Waals surface area (Å²) in [5.41, 5.74) is 16.6. The summed E-state index contributed by atoms with van der Waals surface area (Å²) in [4.78, 5) is 2.54. The molecular weight excluding hydrogens is 701 g/mol. The van der Waals surface area contributed by atoms with Crippen molar-refractivity contribution in [2.24, 2.45) is 11.8 Å². The zero-order valence-electron chi connectivity index (χ0n) is 33.0. The molecule has 0 radical (unpaired) electrons. The Hall–Kier alpha value is -6.64. The molecule has 0 bridgehead atoms. The Balaban J connectivity index is 0.914. The van der Waals surface area contributed by atoms with E-state index in [1.165, 1.54) is 83.3 Å². The molecule has 3 aliphatic carbocycles. The van der Waals surface area contributed by atoms with Gasteiger partial charge in [0.25, 0.3) is 0 Å². The fourth-order valence-electron chi connectivity index (χ4n) is 9.99. The molecule has 0 fully saturated rings. The number of allylic oxidation sites excluding steroid dienone is 10. The van der Waals surface area contributed by atoms with E-state index in [9.17, 15) is 0 Å². The average Bonchev–Trinajstić information content (AvgIpc) is 3.79. The van der Waals surface area contributed by atoms with Crippen molar-refractivity contribution in [2.45, 2.75) is 38.3 Å². The third kappa shape index (κ3) is 5.86. The standard InChI is InChI=1S/C56H46N2/c1-37-11-10-14-43(33-37)42-23-28-47(29-24-42)57-53-17-8-6-15-48(53)50-35-45(26-31-55(50)57)46-27-32-56-51(36-46)49-16-7-9-18-54(49)58(56)52-30-25-44(34-38(52)2)41-21-19-40(20-22-41)39-12-4-3-5-13-39/h3-10,12-38,48,52-53H,11H2,1-2H3. The first-order valence-electron chi connectivity index (χ1n) is 20.9. The van der Waals surface area contributed by atoms with Crippen LogP contribution in [0.4, 0.5) is 11.4 Å². The second kappa shape index (κ2) is 14.1. The lowest BCUT2D eigenvalue weighted by molar-refractivity contribution is 0.511. The Morgan fingerprint density at radius 2 is 1.16 bits per heavy atom. The van der Waals surface area contributed by atoms with Crippen LogP contribution in [0.2, 0.25) is 0 Å². The van der Waals surface area contributed by atoms with Crippen LogP contribution in [0.15, 0.2) is 200 Å². The predicted octanol–water partition coefficient (Wildman–Crippen LogP) is 14.7. The van der Waals surface area contributed by atoms with Crippen molar-refractivity contribution in [1.29, 1.82) is 0 Å². The number of hydrogen-bond acceptors (Lipinski definition) is 1. The highest BCUT2D eigenvalue weighted by Gasteiger charge is 2.37. The Morgan fingerprint density at radius 3 is 1.97 bits per heavy atom. The summed E-state index contributed by atoms with van der Waals surface area (Å²) in [5.74, 6) is 1.20. The summed E-state index contributed by atoms with van der Waals surface area (Å²) in [7, 11) is 0. The highest BCUT2D eigenvalue weighted by Crippen LogP contribution is 2.49. The van der Waals surface area contributed by atoms with Crippen LogP contribution in [0.25, 0.3) is 55.2 Å². The smallest absolute Gasteiger partial charge is 0.0629 e. The van der Waals surface area contributed by atoms with Gasteiger partial charge in [-0.25, -0.2) is 0 Å². The number of benzene rings is 6. The van der Waals surface area contributed by atoms with Gasteiger partial charge in [0.05, 0.1) is 12.1 Å². The van der Waals surface area contributed by atoms with Gasteiger partial charge < -0.3 is 9.47 Å². The molecule has 58 heavy (non-hydrogen) atoms. The van der Waals surface area contributed by atoms with E-state index < -0.39 is 0 Å². The number of aromatic nitrogens is 1. The monoisotopic (exact) mass is 746 g/mol. The molecule has 5 unspecified atom stereocenters. The summed E-state index contributed by atoms with van der Waals surface area (Å²) in [6.45, 7) is 4.65. The van der Waals surface area contributed by atoms with Crippen molar-refractivity contribution < 1.29 is 0 Å². The van der Waals surface area contributed by atoms with Gasteiger partial charge in [-0.2, -0.15) is 0 Å². The van der Waals surface area contributed by atoms with Gasteiger partial charge in [-0.05, 0) is 111 Å². The third-order valence-electron chi connectivity index (χ3n) is 12.9. The van der Waals surface area contributed by atoms with E-state index in [2.05, 4.69) is 224 Å². The average molecular weight is 747 g/mol. The van der Waals surface area contributed by atoms with Gasteiger partial charge >= 0.3 is 0 Å². The highest BCUT2D eigenvalue weighted by molar-refractivity contribution is 6.09. The summed E-state index contributed by atoms with van der Waals surface area (Å²) in [6, 6.07) is 52.5. The van der Waals surface area contributed by atoms with Gasteiger partial charge in [0.15, 0.2) is 0 Å². The molecule has 5 atom stereocenters. The first-order valence-corrected chi connectivity index (χ1v) is 20.9. The van der Waals surface area contributed by atoms with Crippen molar-refractivity contribution in [1.82, 2.24) is 4.57 Å². The number of nitrogens with zero attached hydrogens (tertiary/aromatic N) is 2. The number of fused-ring (bicyclic) bond motifs is 6. The topological polar surface area (TPSA) is 8.17 Å². The summed E-state index contributed by atoms with van der Waals surface area (Å²) in [6.07, 6.45) is 24.5. The minimum Gasteiger partial charge on any atom is -0.333 e. The molecule has 4 aliphatic rings. The van der Waals surface area contributed by atoms with Crippen LogP contribution in [0.3, 0.4) is 0 Å². The number of hydrogen-bond donors (Lipinski definition) is 0. The van der Waals surface area contributed by atoms with E-state index >= 15 is 0 Å². The third-order valence-corrected chi connectivity index (χ3v) is 12.9. The fourth-order valence-corrected chi connectivity index (χ4v) is 9.99. The molecule has 1 aromatic heterocycles. The summed E-state index contributed by atoms with van der Waals surface area (Å²) >= 11 is 0. The molecular formula is C56H46N2. The molecule has 6 aromatic carbocycles. The summed E-state index contributed by atoms with van der Waals surface area (Å²) in [5, 5.41) is 2.61. The predicted molar refractivity (Wildman–Crippen MR) is 246 cm³/mol. The van der Waals surface area contributed by atoms with Crippen LogP contribution in [0, 0.1) is 11.8 Å². The Kier molecular flexibility index (Phi) is 8.40. The van der Waals surface area contributed by atoms with Crippen LogP contribution in [0.5, 0.6) is 0 Å². The van der Waals surface area contributed by atoms with Gasteiger partial charge in [0.2, 0.25) is 0 Å². The molecule has 0 saturated heterocycles. The van der Waals surface area contributed by atoms with E-state index in [0.717, 1.165) is 6.42 Å². The molecule has 2 heterocycles. The highest BCUT2D eigenvalue weighted by atomic mass is 15.2. The van der Waals surface area contributed by atoms with Crippen molar-refractivity contribution in [3.63, 3.8) is 0 Å². The number of anilines is 2. The van der Waals surface area contributed by atoms with Gasteiger partial charge in [0, 0.05) is 39.1 Å². The van der Waals surface area contributed by atoms with Gasteiger partial charge in [0.1, 0.15) is 0 Å². The molecule has 0 saturated carbocycles. The molecule has 0 N–H and O–H groups in total. The van der Waals surface area contributed by atoms with Crippen molar-refractivity contribution in [3.05, 3.63) is 217 Å². The van der Waals surface area contributed by atoms with E-state index in [1.54, 1.807) is 0 Å². The van der Waals surface area contributed by atoms with Crippen molar-refractivity contribution in [2.75, 3.05) is 4.90 Å². The maximum atomic E-state index is 2.57. The van der Waals surface area contributed by atoms with E-state index in [1.807, 2.05) is 0 Å². The molecule has 7 aromatic rings. The zero-order valence-corrected chi connectivity index (χ0v) is 33.0. The second-order valence-corrected chi connectivity index (χ2v) is 16.6. The van der Waals surface area contributed by atoms with Crippen LogP contribution < -0.4 is 4.90 Å². The van der Waals surface area contributed by atoms with E-state index in [-0.39, 0.29) is 12.1 Å². The molecule has 0 amide bonds. The Labute approximate surface area is 341 Å². The second-order valence-electron chi connectivity index (χ2n) is 16.6. The lowest BCUT2D eigenvalue weighted by Crippen LogP contribution is -2.28. The molecule has 280 valence electrons. The maximum Gasteiger partial charge on any atom is 0.0629 e. The van der Waals surface area contributed by atoms with Gasteiger partial charge in [-0.15, -0.1) is 0 Å². The van der Waals surface area contributed by atoms with Crippen molar-refractivity contribution in [3.8, 4) is 22.3 Å². The van der Waals surface area contributed by atoms with E-state index in [0.29, 0.717) is 17.8 Å². The molecule has 2 heteroatoms. The first kappa shape index (κ1) is 34.6. The van der Waals surface area contributed by atoms with Crippen LogP contribution in [-0.2, 0) is 0 Å². The van der Waals surface area contributed by atoms with Crippen LogP contribution in [-0.4, -0.2) is 10.6 Å². The largest absolute Gasteiger partial charge is 0.333 e. The first-order chi connectivity index (χ1) is 28.6. The number of para-hydroxylation sites is 1. The lowest BCUT2D eigenvalue weighted by Gasteiger charge is -2.29. The zero-order chi connectivity index (χ0) is 38.7. The van der Waals surface area contributed by atoms with Crippen LogP contribution >= 0.6 is 0 Å². The van der Waals surface area contributed by atoms with Crippen molar-refractivity contribution >= 4 is 44.3 Å². The van der Waals surface area contributed by atoms with E-state index in [4.69, 9.17) is 0 Å². The van der Waals surface area contributed by atoms with Crippen LogP contribution in [0.1, 0.15) is 48.9 Å². The SMILES string of the molecule is CC1C=C(c2ccc(N3c4ccc(-c5ccc6c(c5)c5ccccc5n6C5C=CC(c6ccc(-c7ccccc7)cc6)=CC5C)cc4C4C=CC=CC43)cc2)C=CC1. The Bertz CT molecular complexity index is 2890. The van der Waals surface area contributed by atoms with Gasteiger partial charge in [-0.3, -0.25) is 0 Å². The molecule has 1 aliphatic heterocycles. The number of rotatable bonds is 6. The lowest BCUT2D eigenvalue weighted by atomic mass is 9.89. The Morgan fingerprint density at radius 1 is 0.500 bits per heavy atom. The quantitative estimate of drug-likeness (QED) is 0.164. The molecule has 0 spiro atoms. The minimum absolute atomic E-state index is 0.211. The fraction of sp³-hybridized carbons (Fsp3) is 0.143. The molecule has 11 rings (SSSR count). The minimum atomic E-state index is 0.211. The summed E-state index contributed by atoms with van der Waals surface area (Å²) < 4.78 is 2.57. The molecule has 2 nitrogen and oxygen atoms in total. The van der Waals surface area contributed by atoms with Gasteiger partial charge in [-0.1, -0.05) is 172 Å². The normalized spacial score (nSPS) is 22.0.